The molecule has 1 heterocycles. The van der Waals surface area contributed by atoms with E-state index in [-0.39, 0.29) is 5.54 Å². The van der Waals surface area contributed by atoms with Crippen molar-refractivity contribution in [2.45, 2.75) is 45.4 Å². The molecular weight excluding hydrogens is 224 g/mol. The van der Waals surface area contributed by atoms with Crippen LogP contribution in [0.25, 0.3) is 0 Å². The summed E-state index contributed by atoms with van der Waals surface area (Å²) in [6.45, 7) is 8.42. The molecule has 86 valence electrons. The van der Waals surface area contributed by atoms with Gasteiger partial charge >= 0.3 is 0 Å². The highest BCUT2D eigenvalue weighted by Crippen LogP contribution is 2.30. The summed E-state index contributed by atoms with van der Waals surface area (Å²) in [5.41, 5.74) is 7.07. The molecule has 0 fully saturated rings. The van der Waals surface area contributed by atoms with E-state index in [0.717, 1.165) is 17.9 Å². The number of hydrogen-bond donors (Lipinski definition) is 1. The molecule has 0 atom stereocenters. The van der Waals surface area contributed by atoms with Crippen molar-refractivity contribution in [1.29, 1.82) is 0 Å². The van der Waals surface area contributed by atoms with E-state index in [9.17, 15) is 0 Å². The second-order valence-electron chi connectivity index (χ2n) is 4.10. The minimum atomic E-state index is -0.252. The Morgan fingerprint density at radius 1 is 1.40 bits per heavy atom. The molecule has 0 aliphatic carbocycles. The van der Waals surface area contributed by atoms with Gasteiger partial charge in [0.05, 0.1) is 5.69 Å². The molecule has 0 amide bonds. The van der Waals surface area contributed by atoms with E-state index in [2.05, 4.69) is 32.7 Å². The highest BCUT2D eigenvalue weighted by molar-refractivity contribution is 7.98. The van der Waals surface area contributed by atoms with E-state index < -0.39 is 0 Å². The highest BCUT2D eigenvalue weighted by Gasteiger charge is 2.22. The minimum Gasteiger partial charge on any atom is -0.321 e. The zero-order valence-electron chi connectivity index (χ0n) is 9.96. The van der Waals surface area contributed by atoms with Crippen LogP contribution in [0.2, 0.25) is 0 Å². The quantitative estimate of drug-likeness (QED) is 0.865. The van der Waals surface area contributed by atoms with E-state index in [0.29, 0.717) is 0 Å². The number of rotatable bonds is 5. The average molecular weight is 244 g/mol. The van der Waals surface area contributed by atoms with E-state index in [1.54, 1.807) is 11.3 Å². The molecule has 1 aromatic rings. The van der Waals surface area contributed by atoms with Gasteiger partial charge in [0.25, 0.3) is 0 Å². The number of thiazole rings is 1. The first-order valence-corrected chi connectivity index (χ1v) is 7.31. The number of nitrogens with zero attached hydrogens (tertiary/aromatic N) is 1. The molecule has 0 aliphatic heterocycles. The first-order chi connectivity index (χ1) is 6.99. The van der Waals surface area contributed by atoms with E-state index in [1.807, 2.05) is 11.8 Å². The lowest BCUT2D eigenvalue weighted by molar-refractivity contribution is 0.559. The normalized spacial score (nSPS) is 12.1. The van der Waals surface area contributed by atoms with Gasteiger partial charge in [0.2, 0.25) is 0 Å². The van der Waals surface area contributed by atoms with Crippen molar-refractivity contribution in [3.05, 3.63) is 15.6 Å². The largest absolute Gasteiger partial charge is 0.321 e. The van der Waals surface area contributed by atoms with Crippen molar-refractivity contribution in [1.82, 2.24) is 4.98 Å². The fourth-order valence-corrected chi connectivity index (χ4v) is 3.29. The van der Waals surface area contributed by atoms with Crippen molar-refractivity contribution in [3.8, 4) is 0 Å². The predicted molar refractivity (Wildman–Crippen MR) is 70.5 cm³/mol. The van der Waals surface area contributed by atoms with Crippen LogP contribution in [0.4, 0.5) is 0 Å². The molecule has 0 saturated heterocycles. The van der Waals surface area contributed by atoms with Gasteiger partial charge in [-0.25, -0.2) is 4.98 Å². The fraction of sp³-hybridized carbons (Fsp3) is 0.727. The first kappa shape index (κ1) is 13.0. The first-order valence-electron chi connectivity index (χ1n) is 5.34. The zero-order chi connectivity index (χ0) is 11.5. The van der Waals surface area contributed by atoms with Crippen LogP contribution in [0.1, 0.15) is 43.3 Å². The lowest BCUT2D eigenvalue weighted by Crippen LogP contribution is -2.28. The Kier molecular flexibility index (Phi) is 4.62. The molecule has 0 unspecified atom stereocenters. The van der Waals surface area contributed by atoms with Gasteiger partial charge in [-0.05, 0) is 26.0 Å². The summed E-state index contributed by atoms with van der Waals surface area (Å²) in [4.78, 5) is 5.90. The zero-order valence-corrected chi connectivity index (χ0v) is 11.6. The van der Waals surface area contributed by atoms with Crippen molar-refractivity contribution < 1.29 is 0 Å². The molecule has 2 nitrogen and oxygen atoms in total. The second kappa shape index (κ2) is 5.32. The van der Waals surface area contributed by atoms with Gasteiger partial charge in [0.1, 0.15) is 5.01 Å². The molecule has 0 aromatic carbocycles. The Balaban J connectivity index is 2.90. The number of aryl methyl sites for hydroxylation is 1. The van der Waals surface area contributed by atoms with Crippen LogP contribution < -0.4 is 5.73 Å². The van der Waals surface area contributed by atoms with Crippen LogP contribution in [-0.2, 0) is 17.7 Å². The Bertz CT molecular complexity index is 313. The average Bonchev–Trinajstić information content (AvgIpc) is 2.57. The molecular formula is C11H20N2S2. The summed E-state index contributed by atoms with van der Waals surface area (Å²) in [5.74, 6) is 2.16. The van der Waals surface area contributed by atoms with Gasteiger partial charge in [0.15, 0.2) is 0 Å². The summed E-state index contributed by atoms with van der Waals surface area (Å²) in [6.07, 6.45) is 0.975. The summed E-state index contributed by atoms with van der Waals surface area (Å²) in [6, 6.07) is 0. The van der Waals surface area contributed by atoms with Crippen molar-refractivity contribution in [3.63, 3.8) is 0 Å². The van der Waals surface area contributed by atoms with Crippen LogP contribution in [-0.4, -0.2) is 10.7 Å². The standard InChI is InChI=1S/C11H20N2S2/c1-5-8-10(11(3,4)12)15-9(13-8)7-14-6-2/h5-7,12H2,1-4H3. The molecule has 15 heavy (non-hydrogen) atoms. The van der Waals surface area contributed by atoms with E-state index in [4.69, 9.17) is 5.73 Å². The Morgan fingerprint density at radius 3 is 2.47 bits per heavy atom. The Morgan fingerprint density at radius 2 is 2.07 bits per heavy atom. The molecule has 0 bridgehead atoms. The monoisotopic (exact) mass is 244 g/mol. The molecule has 0 spiro atoms. The van der Waals surface area contributed by atoms with Crippen LogP contribution >= 0.6 is 23.1 Å². The third kappa shape index (κ3) is 3.47. The topological polar surface area (TPSA) is 38.9 Å². The fourth-order valence-electron chi connectivity index (χ4n) is 1.39. The predicted octanol–water partition coefficient (Wildman–Crippen LogP) is 3.15. The molecule has 1 aromatic heterocycles. The molecule has 2 N–H and O–H groups in total. The van der Waals surface area contributed by atoms with Crippen molar-refractivity contribution in [2.24, 2.45) is 5.73 Å². The SMILES string of the molecule is CCSCc1nc(CC)c(C(C)(C)N)s1. The Hall–Kier alpha value is -0.0600. The minimum absolute atomic E-state index is 0.252. The van der Waals surface area contributed by atoms with Crippen molar-refractivity contribution in [2.75, 3.05) is 5.75 Å². The lowest BCUT2D eigenvalue weighted by Gasteiger charge is -2.17. The van der Waals surface area contributed by atoms with Gasteiger partial charge < -0.3 is 5.73 Å². The van der Waals surface area contributed by atoms with E-state index in [1.165, 1.54) is 15.6 Å². The molecule has 0 radical (unpaired) electrons. The lowest BCUT2D eigenvalue weighted by atomic mass is 10.0. The second-order valence-corrected chi connectivity index (χ2v) is 6.45. The van der Waals surface area contributed by atoms with Crippen LogP contribution in [0.3, 0.4) is 0 Å². The van der Waals surface area contributed by atoms with Gasteiger partial charge in [-0.3, -0.25) is 0 Å². The maximum atomic E-state index is 6.14. The molecule has 0 saturated carbocycles. The van der Waals surface area contributed by atoms with Crippen LogP contribution in [0, 0.1) is 0 Å². The van der Waals surface area contributed by atoms with Crippen LogP contribution in [0.15, 0.2) is 0 Å². The van der Waals surface area contributed by atoms with E-state index >= 15 is 0 Å². The smallest absolute Gasteiger partial charge is 0.103 e. The third-order valence-corrected chi connectivity index (χ3v) is 4.60. The van der Waals surface area contributed by atoms with Gasteiger partial charge in [-0.2, -0.15) is 11.8 Å². The third-order valence-electron chi connectivity index (χ3n) is 2.09. The highest BCUT2D eigenvalue weighted by atomic mass is 32.2. The number of thioether (sulfide) groups is 1. The molecule has 4 heteroatoms. The summed E-state index contributed by atoms with van der Waals surface area (Å²) in [7, 11) is 0. The maximum absolute atomic E-state index is 6.14. The van der Waals surface area contributed by atoms with Gasteiger partial charge in [0, 0.05) is 16.2 Å². The number of hydrogen-bond acceptors (Lipinski definition) is 4. The van der Waals surface area contributed by atoms with Crippen LogP contribution in [0.5, 0.6) is 0 Å². The Labute approximate surface area is 101 Å². The molecule has 1 rings (SSSR count). The van der Waals surface area contributed by atoms with Crippen molar-refractivity contribution >= 4 is 23.1 Å². The summed E-state index contributed by atoms with van der Waals surface area (Å²) < 4.78 is 0. The molecule has 0 aliphatic rings. The van der Waals surface area contributed by atoms with Gasteiger partial charge in [-0.15, -0.1) is 11.3 Å². The van der Waals surface area contributed by atoms with Gasteiger partial charge in [-0.1, -0.05) is 13.8 Å². The maximum Gasteiger partial charge on any atom is 0.103 e. The summed E-state index contributed by atoms with van der Waals surface area (Å²) >= 11 is 3.69. The number of nitrogens with two attached hydrogens (primary N) is 1. The number of aromatic nitrogens is 1. The summed E-state index contributed by atoms with van der Waals surface area (Å²) in [5, 5.41) is 1.22.